The fourth-order valence-corrected chi connectivity index (χ4v) is 2.57. The second-order valence-electron chi connectivity index (χ2n) is 6.86. The van der Waals surface area contributed by atoms with Crippen molar-refractivity contribution in [2.24, 2.45) is 0 Å². The third-order valence-corrected chi connectivity index (χ3v) is 3.52. The van der Waals surface area contributed by atoms with E-state index in [1.54, 1.807) is 0 Å². The molecule has 1 N–H and O–H groups in total. The highest BCUT2D eigenvalue weighted by molar-refractivity contribution is 5.94. The Labute approximate surface area is 135 Å². The monoisotopic (exact) mass is 320 g/mol. The summed E-state index contributed by atoms with van der Waals surface area (Å²) in [7, 11) is 0. The van der Waals surface area contributed by atoms with Crippen LogP contribution in [0.4, 0.5) is 8.78 Å². The number of nitrogens with zero attached hydrogens (tertiary/aromatic N) is 1. The third kappa shape index (κ3) is 3.97. The summed E-state index contributed by atoms with van der Waals surface area (Å²) in [5, 5.41) is 2.94. The SMILES string of the molecule is Cc1cc(C)n(Cc2ccc(F)c(F)c2)c1C(=O)NC(C)(C)C. The summed E-state index contributed by atoms with van der Waals surface area (Å²) in [4.78, 5) is 12.6. The van der Waals surface area contributed by atoms with E-state index in [1.807, 2.05) is 45.3 Å². The fourth-order valence-electron chi connectivity index (χ4n) is 2.57. The van der Waals surface area contributed by atoms with Gasteiger partial charge in [-0.3, -0.25) is 4.79 Å². The summed E-state index contributed by atoms with van der Waals surface area (Å²) in [5.41, 5.74) is 2.54. The van der Waals surface area contributed by atoms with E-state index in [-0.39, 0.29) is 11.4 Å². The highest BCUT2D eigenvalue weighted by atomic mass is 19.2. The van der Waals surface area contributed by atoms with Gasteiger partial charge < -0.3 is 9.88 Å². The molecule has 2 rings (SSSR count). The lowest BCUT2D eigenvalue weighted by Crippen LogP contribution is -2.41. The van der Waals surface area contributed by atoms with Gasteiger partial charge >= 0.3 is 0 Å². The van der Waals surface area contributed by atoms with Crippen LogP contribution < -0.4 is 5.32 Å². The Bertz CT molecular complexity index is 742. The van der Waals surface area contributed by atoms with E-state index in [4.69, 9.17) is 0 Å². The average molecular weight is 320 g/mol. The summed E-state index contributed by atoms with van der Waals surface area (Å²) in [5.74, 6) is -1.93. The summed E-state index contributed by atoms with van der Waals surface area (Å²) in [6, 6.07) is 5.71. The van der Waals surface area contributed by atoms with Gasteiger partial charge in [0.05, 0.1) is 0 Å². The number of amides is 1. The van der Waals surface area contributed by atoms with Gasteiger partial charge in [0.2, 0.25) is 0 Å². The van der Waals surface area contributed by atoms with Gasteiger partial charge in [-0.15, -0.1) is 0 Å². The smallest absolute Gasteiger partial charge is 0.268 e. The number of hydrogen-bond donors (Lipinski definition) is 1. The van der Waals surface area contributed by atoms with Crippen molar-refractivity contribution in [1.29, 1.82) is 0 Å². The molecule has 1 amide bonds. The number of carbonyl (C=O) groups is 1. The van der Waals surface area contributed by atoms with Crippen molar-refractivity contribution in [3.8, 4) is 0 Å². The molecule has 0 saturated carbocycles. The summed E-state index contributed by atoms with van der Waals surface area (Å²) >= 11 is 0. The number of rotatable bonds is 3. The topological polar surface area (TPSA) is 34.0 Å². The zero-order chi connectivity index (χ0) is 17.4. The van der Waals surface area contributed by atoms with Gasteiger partial charge in [-0.25, -0.2) is 8.78 Å². The molecule has 0 spiro atoms. The minimum Gasteiger partial charge on any atom is -0.346 e. The maximum Gasteiger partial charge on any atom is 0.268 e. The molecular formula is C18H22F2N2O. The first kappa shape index (κ1) is 17.2. The van der Waals surface area contributed by atoms with Gasteiger partial charge in [-0.2, -0.15) is 0 Å². The van der Waals surface area contributed by atoms with Gasteiger partial charge in [-0.1, -0.05) is 6.07 Å². The van der Waals surface area contributed by atoms with Crippen LogP contribution in [0, 0.1) is 25.5 Å². The molecule has 23 heavy (non-hydrogen) atoms. The molecule has 1 aromatic carbocycles. The minimum atomic E-state index is -0.885. The first-order chi connectivity index (χ1) is 10.6. The Morgan fingerprint density at radius 1 is 1.13 bits per heavy atom. The van der Waals surface area contributed by atoms with Crippen molar-refractivity contribution in [2.45, 2.75) is 46.7 Å². The van der Waals surface area contributed by atoms with Gasteiger partial charge in [-0.05, 0) is 63.9 Å². The van der Waals surface area contributed by atoms with Crippen molar-refractivity contribution in [3.63, 3.8) is 0 Å². The quantitative estimate of drug-likeness (QED) is 0.912. The number of aryl methyl sites for hydroxylation is 2. The lowest BCUT2D eigenvalue weighted by molar-refractivity contribution is 0.0909. The van der Waals surface area contributed by atoms with Crippen molar-refractivity contribution in [2.75, 3.05) is 0 Å². The number of carbonyl (C=O) groups excluding carboxylic acids is 1. The lowest BCUT2D eigenvalue weighted by Gasteiger charge is -2.22. The molecule has 0 aliphatic carbocycles. The molecule has 0 atom stereocenters. The predicted octanol–water partition coefficient (Wildman–Crippen LogP) is 3.96. The van der Waals surface area contributed by atoms with Gasteiger partial charge in [0, 0.05) is 17.8 Å². The van der Waals surface area contributed by atoms with Crippen molar-refractivity contribution in [3.05, 3.63) is 58.4 Å². The molecular weight excluding hydrogens is 298 g/mol. The Morgan fingerprint density at radius 2 is 1.78 bits per heavy atom. The maximum atomic E-state index is 13.4. The lowest BCUT2D eigenvalue weighted by atomic mass is 10.1. The minimum absolute atomic E-state index is 0.175. The second kappa shape index (κ2) is 6.14. The van der Waals surface area contributed by atoms with Gasteiger partial charge in [0.25, 0.3) is 5.91 Å². The Morgan fingerprint density at radius 3 is 2.35 bits per heavy atom. The average Bonchev–Trinajstić information content (AvgIpc) is 2.66. The van der Waals surface area contributed by atoms with E-state index < -0.39 is 11.6 Å². The van der Waals surface area contributed by atoms with Crippen LogP contribution in [0.5, 0.6) is 0 Å². The molecule has 0 bridgehead atoms. The second-order valence-corrected chi connectivity index (χ2v) is 6.86. The largest absolute Gasteiger partial charge is 0.346 e. The summed E-state index contributed by atoms with van der Waals surface area (Å²) < 4.78 is 28.3. The maximum absolute atomic E-state index is 13.4. The van der Waals surface area contributed by atoms with Crippen molar-refractivity contribution < 1.29 is 13.6 Å². The van der Waals surface area contributed by atoms with Gasteiger partial charge in [0.1, 0.15) is 5.69 Å². The van der Waals surface area contributed by atoms with Crippen LogP contribution in [0.15, 0.2) is 24.3 Å². The van der Waals surface area contributed by atoms with Crippen molar-refractivity contribution >= 4 is 5.91 Å². The van der Waals surface area contributed by atoms with Crippen LogP contribution in [0.2, 0.25) is 0 Å². The number of nitrogens with one attached hydrogen (secondary N) is 1. The zero-order valence-corrected chi connectivity index (χ0v) is 14.1. The first-order valence-electron chi connectivity index (χ1n) is 7.51. The highest BCUT2D eigenvalue weighted by Gasteiger charge is 2.22. The Kier molecular flexibility index (Phi) is 4.59. The van der Waals surface area contributed by atoms with Crippen LogP contribution in [-0.2, 0) is 6.54 Å². The Hall–Kier alpha value is -2.17. The van der Waals surface area contributed by atoms with E-state index in [2.05, 4.69) is 5.32 Å². The zero-order valence-electron chi connectivity index (χ0n) is 14.1. The number of halogens is 2. The number of hydrogen-bond acceptors (Lipinski definition) is 1. The molecule has 0 fully saturated rings. The van der Waals surface area contributed by atoms with E-state index >= 15 is 0 Å². The third-order valence-electron chi connectivity index (χ3n) is 3.52. The van der Waals surface area contributed by atoms with Gasteiger partial charge in [0.15, 0.2) is 11.6 Å². The normalized spacial score (nSPS) is 11.6. The predicted molar refractivity (Wildman–Crippen MR) is 86.6 cm³/mol. The van der Waals surface area contributed by atoms with E-state index in [0.717, 1.165) is 23.4 Å². The molecule has 3 nitrogen and oxygen atoms in total. The van der Waals surface area contributed by atoms with Crippen LogP contribution >= 0.6 is 0 Å². The molecule has 0 unspecified atom stereocenters. The van der Waals surface area contributed by atoms with E-state index in [0.29, 0.717) is 17.8 Å². The molecule has 1 heterocycles. The molecule has 2 aromatic rings. The van der Waals surface area contributed by atoms with E-state index in [9.17, 15) is 13.6 Å². The fraction of sp³-hybridized carbons (Fsp3) is 0.389. The van der Waals surface area contributed by atoms with Crippen LogP contribution in [0.3, 0.4) is 0 Å². The van der Waals surface area contributed by atoms with Crippen LogP contribution in [0.25, 0.3) is 0 Å². The standard InChI is InChI=1S/C18H22F2N2O/c1-11-8-12(2)22(16(11)17(23)21-18(3,4)5)10-13-6-7-14(19)15(20)9-13/h6-9H,10H2,1-5H3,(H,21,23). The molecule has 0 saturated heterocycles. The molecule has 0 aliphatic rings. The Balaban J connectivity index is 2.38. The first-order valence-corrected chi connectivity index (χ1v) is 7.51. The molecule has 1 aromatic heterocycles. The van der Waals surface area contributed by atoms with Crippen LogP contribution in [0.1, 0.15) is 48.1 Å². The highest BCUT2D eigenvalue weighted by Crippen LogP contribution is 2.19. The summed E-state index contributed by atoms with van der Waals surface area (Å²) in [6.07, 6.45) is 0. The summed E-state index contributed by atoms with van der Waals surface area (Å²) in [6.45, 7) is 9.80. The number of aromatic nitrogens is 1. The molecule has 0 aliphatic heterocycles. The molecule has 124 valence electrons. The molecule has 0 radical (unpaired) electrons. The molecule has 5 heteroatoms. The van der Waals surface area contributed by atoms with Crippen LogP contribution in [-0.4, -0.2) is 16.0 Å². The number of benzene rings is 1. The van der Waals surface area contributed by atoms with E-state index in [1.165, 1.54) is 6.07 Å². The van der Waals surface area contributed by atoms with Crippen molar-refractivity contribution in [1.82, 2.24) is 9.88 Å².